The molecule has 17 heavy (non-hydrogen) atoms. The highest BCUT2D eigenvalue weighted by molar-refractivity contribution is 5.76. The number of rotatable bonds is 7. The normalized spacial score (nSPS) is 10.8. The lowest BCUT2D eigenvalue weighted by Crippen LogP contribution is -2.37. The number of alkyl halides is 2. The van der Waals surface area contributed by atoms with E-state index in [-0.39, 0.29) is 26.1 Å². The van der Waals surface area contributed by atoms with E-state index >= 15 is 0 Å². The van der Waals surface area contributed by atoms with Crippen LogP contribution in [0.2, 0.25) is 0 Å². The number of carbonyl (C=O) groups is 1. The Morgan fingerprint density at radius 1 is 1.53 bits per heavy atom. The summed E-state index contributed by atoms with van der Waals surface area (Å²) in [5, 5.41) is 12.5. The minimum absolute atomic E-state index is 0.0517. The number of halogens is 2. The van der Waals surface area contributed by atoms with Crippen molar-refractivity contribution in [2.45, 2.75) is 19.4 Å². The lowest BCUT2D eigenvalue weighted by molar-refractivity contribution is -0.134. The molecule has 1 N–H and O–H groups in total. The molecule has 0 fully saturated rings. The molecule has 0 unspecified atom stereocenters. The summed E-state index contributed by atoms with van der Waals surface area (Å²) in [5.41, 5.74) is 0. The Bertz CT molecular complexity index is 332. The van der Waals surface area contributed by atoms with Crippen LogP contribution in [0, 0.1) is 0 Å². The largest absolute Gasteiger partial charge is 0.395 e. The van der Waals surface area contributed by atoms with Gasteiger partial charge in [-0.3, -0.25) is 9.48 Å². The predicted octanol–water partition coefficient (Wildman–Crippen LogP) is -0.246. The molecule has 1 aromatic heterocycles. The number of aryl methyl sites for hydroxylation is 1. The second-order valence-corrected chi connectivity index (χ2v) is 3.36. The third-order valence-corrected chi connectivity index (χ3v) is 2.10. The first-order valence-corrected chi connectivity index (χ1v) is 5.12. The van der Waals surface area contributed by atoms with Gasteiger partial charge in [0, 0.05) is 13.0 Å². The summed E-state index contributed by atoms with van der Waals surface area (Å²) >= 11 is 0. The fraction of sp³-hybridized carbons (Fsp3) is 0.667. The molecule has 0 atom stereocenters. The summed E-state index contributed by atoms with van der Waals surface area (Å²) in [6, 6.07) is 0. The number of hydrogen-bond donors (Lipinski definition) is 1. The van der Waals surface area contributed by atoms with Gasteiger partial charge in [0.2, 0.25) is 5.91 Å². The average molecular weight is 248 g/mol. The van der Waals surface area contributed by atoms with Gasteiger partial charge < -0.3 is 10.0 Å². The molecule has 1 heterocycles. The van der Waals surface area contributed by atoms with Crippen LogP contribution in [-0.2, 0) is 11.3 Å². The van der Waals surface area contributed by atoms with Crippen molar-refractivity contribution >= 4 is 5.91 Å². The van der Waals surface area contributed by atoms with Crippen LogP contribution < -0.4 is 0 Å². The van der Waals surface area contributed by atoms with E-state index in [0.29, 0.717) is 0 Å². The first-order valence-electron chi connectivity index (χ1n) is 5.12. The fourth-order valence-corrected chi connectivity index (χ4v) is 1.32. The molecule has 0 saturated heterocycles. The van der Waals surface area contributed by atoms with Gasteiger partial charge in [0.15, 0.2) is 0 Å². The van der Waals surface area contributed by atoms with Crippen LogP contribution in [-0.4, -0.2) is 56.8 Å². The summed E-state index contributed by atoms with van der Waals surface area (Å²) < 4.78 is 25.8. The number of aliphatic hydroxyl groups excluding tert-OH is 1. The van der Waals surface area contributed by atoms with Crippen molar-refractivity contribution in [3.05, 3.63) is 12.7 Å². The molecule has 0 radical (unpaired) electrons. The van der Waals surface area contributed by atoms with Crippen molar-refractivity contribution in [2.24, 2.45) is 0 Å². The highest BCUT2D eigenvalue weighted by Gasteiger charge is 2.17. The minimum atomic E-state index is -2.60. The minimum Gasteiger partial charge on any atom is -0.395 e. The monoisotopic (exact) mass is 248 g/mol. The Hall–Kier alpha value is -1.57. The molecule has 1 rings (SSSR count). The highest BCUT2D eigenvalue weighted by Crippen LogP contribution is 2.02. The van der Waals surface area contributed by atoms with Crippen LogP contribution in [0.5, 0.6) is 0 Å². The van der Waals surface area contributed by atoms with Crippen molar-refractivity contribution in [3.63, 3.8) is 0 Å². The maximum atomic E-state index is 12.2. The molecule has 6 nitrogen and oxygen atoms in total. The Morgan fingerprint density at radius 3 is 2.82 bits per heavy atom. The fourth-order valence-electron chi connectivity index (χ4n) is 1.32. The Labute approximate surface area is 96.9 Å². The maximum Gasteiger partial charge on any atom is 0.255 e. The first-order chi connectivity index (χ1) is 8.13. The van der Waals surface area contributed by atoms with E-state index in [2.05, 4.69) is 10.1 Å². The molecule has 1 aromatic rings. The average Bonchev–Trinajstić information content (AvgIpc) is 2.77. The van der Waals surface area contributed by atoms with Crippen molar-refractivity contribution in [1.82, 2.24) is 19.7 Å². The molecule has 0 aliphatic carbocycles. The third kappa shape index (κ3) is 4.85. The van der Waals surface area contributed by atoms with Gasteiger partial charge in [-0.05, 0) is 0 Å². The number of carbonyl (C=O) groups excluding carboxylic acids is 1. The van der Waals surface area contributed by atoms with Gasteiger partial charge in [-0.15, -0.1) is 0 Å². The molecular weight excluding hydrogens is 234 g/mol. The molecule has 8 heteroatoms. The third-order valence-electron chi connectivity index (χ3n) is 2.10. The van der Waals surface area contributed by atoms with Gasteiger partial charge in [-0.25, -0.2) is 13.8 Å². The lowest BCUT2D eigenvalue weighted by atomic mass is 10.3. The molecule has 0 spiro atoms. The van der Waals surface area contributed by atoms with Crippen LogP contribution in [0.4, 0.5) is 8.78 Å². The van der Waals surface area contributed by atoms with Gasteiger partial charge in [0.25, 0.3) is 6.43 Å². The summed E-state index contributed by atoms with van der Waals surface area (Å²) in [6.45, 7) is -0.789. The first kappa shape index (κ1) is 13.5. The topological polar surface area (TPSA) is 71.2 Å². The molecule has 0 bridgehead atoms. The second-order valence-electron chi connectivity index (χ2n) is 3.36. The molecule has 1 amide bonds. The Kier molecular flexibility index (Phi) is 5.47. The van der Waals surface area contributed by atoms with Crippen molar-refractivity contribution in [1.29, 1.82) is 0 Å². The van der Waals surface area contributed by atoms with Gasteiger partial charge in [0.05, 0.1) is 19.7 Å². The molecule has 0 aromatic carbocycles. The summed E-state index contributed by atoms with van der Waals surface area (Å²) in [5.74, 6) is -0.435. The second kappa shape index (κ2) is 6.89. The van der Waals surface area contributed by atoms with Crippen LogP contribution >= 0.6 is 0 Å². The molecule has 0 saturated carbocycles. The standard InChI is InChI=1S/C9H14F2N4O2/c10-8(11)5-14(3-4-16)9(17)1-2-15-7-12-6-13-15/h6-8,16H,1-5H2. The molecule has 96 valence electrons. The van der Waals surface area contributed by atoms with E-state index in [1.54, 1.807) is 0 Å². The van der Waals surface area contributed by atoms with Crippen molar-refractivity contribution in [2.75, 3.05) is 19.7 Å². The van der Waals surface area contributed by atoms with E-state index in [1.807, 2.05) is 0 Å². The summed E-state index contributed by atoms with van der Waals surface area (Å²) in [4.78, 5) is 16.2. The molecule has 0 aliphatic heterocycles. The number of hydrogen-bond acceptors (Lipinski definition) is 4. The van der Waals surface area contributed by atoms with Gasteiger partial charge in [0.1, 0.15) is 12.7 Å². The smallest absolute Gasteiger partial charge is 0.255 e. The maximum absolute atomic E-state index is 12.2. The van der Waals surface area contributed by atoms with Crippen molar-refractivity contribution in [3.8, 4) is 0 Å². The van der Waals surface area contributed by atoms with Gasteiger partial charge in [-0.2, -0.15) is 5.10 Å². The van der Waals surface area contributed by atoms with E-state index in [1.165, 1.54) is 17.3 Å². The van der Waals surface area contributed by atoms with E-state index < -0.39 is 18.9 Å². The zero-order valence-electron chi connectivity index (χ0n) is 9.17. The van der Waals surface area contributed by atoms with Crippen LogP contribution in [0.15, 0.2) is 12.7 Å². The van der Waals surface area contributed by atoms with Crippen LogP contribution in [0.25, 0.3) is 0 Å². The molecule has 0 aliphatic rings. The number of aromatic nitrogens is 3. The Balaban J connectivity index is 2.41. The van der Waals surface area contributed by atoms with E-state index in [0.717, 1.165) is 4.90 Å². The zero-order chi connectivity index (χ0) is 12.7. The molecular formula is C9H14F2N4O2. The van der Waals surface area contributed by atoms with Gasteiger partial charge in [-0.1, -0.05) is 0 Å². The quantitative estimate of drug-likeness (QED) is 0.722. The van der Waals surface area contributed by atoms with Crippen molar-refractivity contribution < 1.29 is 18.7 Å². The zero-order valence-corrected chi connectivity index (χ0v) is 9.17. The summed E-state index contributed by atoms with van der Waals surface area (Å²) in [6.07, 6.45) is 0.221. The van der Waals surface area contributed by atoms with Crippen LogP contribution in [0.3, 0.4) is 0 Å². The Morgan fingerprint density at radius 2 is 2.29 bits per heavy atom. The number of aliphatic hydroxyl groups is 1. The summed E-state index contributed by atoms with van der Waals surface area (Å²) in [7, 11) is 0. The number of amides is 1. The lowest BCUT2D eigenvalue weighted by Gasteiger charge is -2.21. The van der Waals surface area contributed by atoms with Crippen LogP contribution in [0.1, 0.15) is 6.42 Å². The predicted molar refractivity (Wildman–Crippen MR) is 54.3 cm³/mol. The van der Waals surface area contributed by atoms with E-state index in [4.69, 9.17) is 5.11 Å². The highest BCUT2D eigenvalue weighted by atomic mass is 19.3. The van der Waals surface area contributed by atoms with Gasteiger partial charge >= 0.3 is 0 Å². The SMILES string of the molecule is O=C(CCn1cncn1)N(CCO)CC(F)F. The number of nitrogens with zero attached hydrogens (tertiary/aromatic N) is 4. The van der Waals surface area contributed by atoms with E-state index in [9.17, 15) is 13.6 Å².